The highest BCUT2D eigenvalue weighted by atomic mass is 35.5. The fourth-order valence-corrected chi connectivity index (χ4v) is 3.13. The lowest BCUT2D eigenvalue weighted by molar-refractivity contribution is 0.365. The largest absolute Gasteiger partial charge is 0.362 e. The third kappa shape index (κ3) is 2.63. The maximum absolute atomic E-state index is 12.5. The summed E-state index contributed by atoms with van der Waals surface area (Å²) < 4.78 is 1.81. The second-order valence-corrected chi connectivity index (χ2v) is 6.06. The highest BCUT2D eigenvalue weighted by Crippen LogP contribution is 2.28. The number of rotatable bonds is 2. The topological polar surface area (TPSA) is 50.2 Å². The molecule has 0 bridgehead atoms. The Morgan fingerprint density at radius 3 is 2.71 bits per heavy atom. The average molecular weight is 307 g/mol. The van der Waals surface area contributed by atoms with Crippen molar-refractivity contribution in [3.63, 3.8) is 0 Å². The summed E-state index contributed by atoms with van der Waals surface area (Å²) in [5, 5.41) is 4.92. The quantitative estimate of drug-likeness (QED) is 0.922. The van der Waals surface area contributed by atoms with Gasteiger partial charge in [0.15, 0.2) is 0 Å². The number of nitrogens with zero attached hydrogens (tertiary/aromatic N) is 3. The molecule has 2 heterocycles. The van der Waals surface area contributed by atoms with Crippen LogP contribution in [-0.4, -0.2) is 36.7 Å². The maximum atomic E-state index is 12.5. The lowest BCUT2D eigenvalue weighted by atomic mass is 10.1. The normalized spacial score (nSPS) is 16.3. The van der Waals surface area contributed by atoms with Gasteiger partial charge in [-0.1, -0.05) is 11.6 Å². The molecule has 0 amide bonds. The van der Waals surface area contributed by atoms with Crippen molar-refractivity contribution in [2.45, 2.75) is 18.9 Å². The Labute approximate surface area is 128 Å². The highest BCUT2D eigenvalue weighted by molar-refractivity contribution is 6.31. The van der Waals surface area contributed by atoms with Gasteiger partial charge < -0.3 is 10.2 Å². The molecule has 3 rings (SSSR count). The van der Waals surface area contributed by atoms with Gasteiger partial charge in [0.25, 0.3) is 0 Å². The smallest absolute Gasteiger partial charge is 0.350 e. The lowest BCUT2D eigenvalue weighted by Gasteiger charge is -2.27. The molecule has 0 unspecified atom stereocenters. The molecule has 0 spiro atoms. The molecule has 1 N–H and O–H groups in total. The Bertz CT molecular complexity index is 719. The van der Waals surface area contributed by atoms with Crippen LogP contribution in [0.5, 0.6) is 0 Å². The van der Waals surface area contributed by atoms with Crippen molar-refractivity contribution in [1.82, 2.24) is 14.9 Å². The van der Waals surface area contributed by atoms with Crippen molar-refractivity contribution in [3.05, 3.63) is 33.7 Å². The van der Waals surface area contributed by atoms with Crippen LogP contribution >= 0.6 is 11.6 Å². The minimum atomic E-state index is -0.194. The van der Waals surface area contributed by atoms with E-state index in [2.05, 4.69) is 10.3 Å². The summed E-state index contributed by atoms with van der Waals surface area (Å²) in [5.41, 5.74) is 0.679. The molecule has 0 atom stereocenters. The number of piperidine rings is 1. The second-order valence-electron chi connectivity index (χ2n) is 5.63. The zero-order chi connectivity index (χ0) is 15.0. The van der Waals surface area contributed by atoms with Crippen LogP contribution in [0.4, 0.5) is 5.82 Å². The number of halogens is 1. The Balaban J connectivity index is 2.28. The fourth-order valence-electron chi connectivity index (χ4n) is 2.96. The molecule has 1 saturated heterocycles. The zero-order valence-electron chi connectivity index (χ0n) is 12.3. The summed E-state index contributed by atoms with van der Waals surface area (Å²) in [6, 6.07) is 5.84. The predicted molar refractivity (Wildman–Crippen MR) is 86.5 cm³/mol. The number of anilines is 1. The van der Waals surface area contributed by atoms with E-state index in [4.69, 9.17) is 11.6 Å². The Kier molecular flexibility index (Phi) is 3.87. The van der Waals surface area contributed by atoms with Crippen molar-refractivity contribution in [2.24, 2.45) is 0 Å². The highest BCUT2D eigenvalue weighted by Gasteiger charge is 2.21. The van der Waals surface area contributed by atoms with Gasteiger partial charge in [0.05, 0.1) is 5.52 Å². The van der Waals surface area contributed by atoms with Crippen LogP contribution < -0.4 is 15.9 Å². The number of aromatic nitrogens is 2. The van der Waals surface area contributed by atoms with Gasteiger partial charge >= 0.3 is 5.69 Å². The standard InChI is InChI=1S/C15H19ClN4O/c1-19(2)14-12-4-3-10(16)9-13(12)20(15(21)18-14)11-5-7-17-8-6-11/h3-4,9,11,17H,5-8H2,1-2H3. The van der Waals surface area contributed by atoms with E-state index in [-0.39, 0.29) is 11.7 Å². The summed E-state index contributed by atoms with van der Waals surface area (Å²) in [6.07, 6.45) is 1.87. The Hall–Kier alpha value is -1.59. The molecule has 6 heteroatoms. The minimum absolute atomic E-state index is 0.184. The van der Waals surface area contributed by atoms with E-state index in [1.165, 1.54) is 0 Å². The van der Waals surface area contributed by atoms with Gasteiger partial charge in [-0.2, -0.15) is 4.98 Å². The van der Waals surface area contributed by atoms with E-state index in [9.17, 15) is 4.79 Å². The molecule has 1 fully saturated rings. The van der Waals surface area contributed by atoms with Crippen molar-refractivity contribution in [3.8, 4) is 0 Å². The molecule has 5 nitrogen and oxygen atoms in total. The van der Waals surface area contributed by atoms with Gasteiger partial charge in [-0.25, -0.2) is 4.79 Å². The summed E-state index contributed by atoms with van der Waals surface area (Å²) in [6.45, 7) is 1.85. The van der Waals surface area contributed by atoms with E-state index in [1.807, 2.05) is 41.8 Å². The van der Waals surface area contributed by atoms with Crippen molar-refractivity contribution in [2.75, 3.05) is 32.1 Å². The molecule has 0 saturated carbocycles. The lowest BCUT2D eigenvalue weighted by Crippen LogP contribution is -2.36. The van der Waals surface area contributed by atoms with Crippen molar-refractivity contribution < 1.29 is 0 Å². The first-order valence-electron chi connectivity index (χ1n) is 7.18. The minimum Gasteiger partial charge on any atom is -0.362 e. The van der Waals surface area contributed by atoms with Crippen LogP contribution in [-0.2, 0) is 0 Å². The summed E-state index contributed by atoms with van der Waals surface area (Å²) in [7, 11) is 3.79. The van der Waals surface area contributed by atoms with E-state index >= 15 is 0 Å². The fraction of sp³-hybridized carbons (Fsp3) is 0.467. The van der Waals surface area contributed by atoms with Gasteiger partial charge in [-0.15, -0.1) is 0 Å². The average Bonchev–Trinajstić information content (AvgIpc) is 2.47. The number of fused-ring (bicyclic) bond motifs is 1. The Morgan fingerprint density at radius 1 is 1.33 bits per heavy atom. The van der Waals surface area contributed by atoms with Crippen LogP contribution in [0.2, 0.25) is 5.02 Å². The SMILES string of the molecule is CN(C)c1nc(=O)n(C2CCNCC2)c2cc(Cl)ccc12. The first-order chi connectivity index (χ1) is 10.1. The predicted octanol–water partition coefficient (Wildman–Crippen LogP) is 2.04. The molecule has 1 aliphatic heterocycles. The molecule has 21 heavy (non-hydrogen) atoms. The monoisotopic (exact) mass is 306 g/mol. The summed E-state index contributed by atoms with van der Waals surface area (Å²) in [4.78, 5) is 18.7. The van der Waals surface area contributed by atoms with Crippen LogP contribution in [0.25, 0.3) is 10.9 Å². The van der Waals surface area contributed by atoms with E-state index < -0.39 is 0 Å². The van der Waals surface area contributed by atoms with Crippen molar-refractivity contribution in [1.29, 1.82) is 0 Å². The first kappa shape index (κ1) is 14.4. The van der Waals surface area contributed by atoms with Gasteiger partial charge in [0.2, 0.25) is 0 Å². The van der Waals surface area contributed by atoms with Crippen molar-refractivity contribution >= 4 is 28.3 Å². The molecule has 0 aliphatic carbocycles. The van der Waals surface area contributed by atoms with E-state index in [0.717, 1.165) is 36.8 Å². The second kappa shape index (κ2) is 5.66. The van der Waals surface area contributed by atoms with Gasteiger partial charge in [-0.05, 0) is 44.1 Å². The molecule has 1 aromatic carbocycles. The van der Waals surface area contributed by atoms with Gasteiger partial charge in [-0.3, -0.25) is 4.57 Å². The molecular formula is C15H19ClN4O. The summed E-state index contributed by atoms with van der Waals surface area (Å²) in [5.74, 6) is 0.692. The summed E-state index contributed by atoms with van der Waals surface area (Å²) >= 11 is 6.15. The molecule has 0 radical (unpaired) electrons. The van der Waals surface area contributed by atoms with Gasteiger partial charge in [0, 0.05) is 30.5 Å². The zero-order valence-corrected chi connectivity index (χ0v) is 13.0. The van der Waals surface area contributed by atoms with E-state index in [1.54, 1.807) is 0 Å². The molecule has 1 aromatic heterocycles. The number of hydrogen-bond donors (Lipinski definition) is 1. The molecule has 112 valence electrons. The molecule has 2 aromatic rings. The Morgan fingerprint density at radius 2 is 2.05 bits per heavy atom. The van der Waals surface area contributed by atoms with Crippen LogP contribution in [0.3, 0.4) is 0 Å². The molecular weight excluding hydrogens is 288 g/mol. The molecule has 1 aliphatic rings. The number of benzene rings is 1. The van der Waals surface area contributed by atoms with E-state index in [0.29, 0.717) is 10.8 Å². The number of nitrogens with one attached hydrogen (secondary N) is 1. The third-order valence-electron chi connectivity index (χ3n) is 3.97. The van der Waals surface area contributed by atoms with Gasteiger partial charge in [0.1, 0.15) is 5.82 Å². The van der Waals surface area contributed by atoms with Crippen LogP contribution in [0, 0.1) is 0 Å². The van der Waals surface area contributed by atoms with Crippen LogP contribution in [0.15, 0.2) is 23.0 Å². The number of hydrogen-bond acceptors (Lipinski definition) is 4. The first-order valence-corrected chi connectivity index (χ1v) is 7.55. The third-order valence-corrected chi connectivity index (χ3v) is 4.20. The van der Waals surface area contributed by atoms with Crippen LogP contribution in [0.1, 0.15) is 18.9 Å². The maximum Gasteiger partial charge on any atom is 0.350 e.